The third kappa shape index (κ3) is 1.45. The van der Waals surface area contributed by atoms with Gasteiger partial charge in [0.15, 0.2) is 0 Å². The van der Waals surface area contributed by atoms with Crippen LogP contribution in [0.15, 0.2) is 24.7 Å². The second-order valence-electron chi connectivity index (χ2n) is 2.63. The molecule has 0 atom stereocenters. The monoisotopic (exact) mass is 189 g/mol. The van der Waals surface area contributed by atoms with Crippen molar-refractivity contribution in [2.75, 3.05) is 0 Å². The average Bonchev–Trinajstić information content (AvgIpc) is 2.68. The van der Waals surface area contributed by atoms with Crippen molar-refractivity contribution in [2.45, 2.75) is 0 Å². The highest BCUT2D eigenvalue weighted by Gasteiger charge is 2.07. The summed E-state index contributed by atoms with van der Waals surface area (Å²) in [6.07, 6.45) is 3.01. The van der Waals surface area contributed by atoms with Crippen molar-refractivity contribution in [3.8, 4) is 11.4 Å². The Morgan fingerprint density at radius 3 is 2.86 bits per heavy atom. The molecule has 2 heterocycles. The number of nitrogens with one attached hydrogen (secondary N) is 1. The number of H-pyrrole nitrogens is 1. The van der Waals surface area contributed by atoms with E-state index >= 15 is 0 Å². The molecule has 0 aliphatic rings. The van der Waals surface area contributed by atoms with Crippen LogP contribution in [0, 0.1) is 0 Å². The maximum Gasteiger partial charge on any atom is 0.266 e. The highest BCUT2D eigenvalue weighted by atomic mass is 16.1. The van der Waals surface area contributed by atoms with E-state index in [1.165, 1.54) is 6.33 Å². The van der Waals surface area contributed by atoms with Gasteiger partial charge in [0.25, 0.3) is 5.91 Å². The number of nitrogens with zero attached hydrogens (tertiary/aromatic N) is 3. The minimum atomic E-state index is -0.544. The van der Waals surface area contributed by atoms with Gasteiger partial charge in [-0.05, 0) is 12.1 Å². The number of carbonyl (C=O) groups excluding carboxylic acids is 1. The van der Waals surface area contributed by atoms with Crippen molar-refractivity contribution in [3.05, 3.63) is 30.4 Å². The topological polar surface area (TPSA) is 97.6 Å². The van der Waals surface area contributed by atoms with Crippen molar-refractivity contribution < 1.29 is 4.79 Å². The van der Waals surface area contributed by atoms with E-state index in [2.05, 4.69) is 20.2 Å². The van der Waals surface area contributed by atoms with Crippen molar-refractivity contribution in [3.63, 3.8) is 0 Å². The summed E-state index contributed by atoms with van der Waals surface area (Å²) in [4.78, 5) is 18.5. The SMILES string of the molecule is NC(=O)c1cc(-c2ccncn2)n[nH]1. The fourth-order valence-electron chi connectivity index (χ4n) is 1.02. The number of hydrogen-bond donors (Lipinski definition) is 2. The maximum atomic E-state index is 10.8. The standard InChI is InChI=1S/C8H7N5O/c9-8(14)7-3-6(12-13-7)5-1-2-10-4-11-5/h1-4H,(H2,9,14)(H,12,13). The first-order chi connectivity index (χ1) is 6.77. The summed E-state index contributed by atoms with van der Waals surface area (Å²) in [6.45, 7) is 0. The van der Waals surface area contributed by atoms with E-state index in [4.69, 9.17) is 5.73 Å². The minimum Gasteiger partial charge on any atom is -0.364 e. The third-order valence-corrected chi connectivity index (χ3v) is 1.69. The number of rotatable bonds is 2. The van der Waals surface area contributed by atoms with E-state index in [1.54, 1.807) is 18.3 Å². The van der Waals surface area contributed by atoms with Crippen molar-refractivity contribution in [1.29, 1.82) is 0 Å². The van der Waals surface area contributed by atoms with Gasteiger partial charge in [-0.3, -0.25) is 9.89 Å². The first-order valence-electron chi connectivity index (χ1n) is 3.89. The Balaban J connectivity index is 2.39. The molecule has 2 aromatic rings. The van der Waals surface area contributed by atoms with Gasteiger partial charge in [-0.2, -0.15) is 5.10 Å². The molecule has 1 amide bonds. The van der Waals surface area contributed by atoms with E-state index in [9.17, 15) is 4.79 Å². The highest BCUT2D eigenvalue weighted by molar-refractivity contribution is 5.91. The summed E-state index contributed by atoms with van der Waals surface area (Å²) in [7, 11) is 0. The average molecular weight is 189 g/mol. The largest absolute Gasteiger partial charge is 0.364 e. The molecule has 0 aromatic carbocycles. The quantitative estimate of drug-likeness (QED) is 0.692. The van der Waals surface area contributed by atoms with Gasteiger partial charge in [-0.25, -0.2) is 9.97 Å². The molecule has 0 bridgehead atoms. The predicted molar refractivity (Wildman–Crippen MR) is 48.1 cm³/mol. The molecular formula is C8H7N5O. The fourth-order valence-corrected chi connectivity index (χ4v) is 1.02. The van der Waals surface area contributed by atoms with Gasteiger partial charge in [0.1, 0.15) is 17.7 Å². The van der Waals surface area contributed by atoms with Crippen LogP contribution in [-0.4, -0.2) is 26.1 Å². The Kier molecular flexibility index (Phi) is 1.94. The third-order valence-electron chi connectivity index (χ3n) is 1.69. The van der Waals surface area contributed by atoms with Crippen molar-refractivity contribution in [1.82, 2.24) is 20.2 Å². The van der Waals surface area contributed by atoms with E-state index < -0.39 is 5.91 Å². The molecule has 0 spiro atoms. The summed E-state index contributed by atoms with van der Waals surface area (Å²) >= 11 is 0. The summed E-state index contributed by atoms with van der Waals surface area (Å²) in [6, 6.07) is 3.24. The molecule has 6 heteroatoms. The van der Waals surface area contributed by atoms with E-state index in [0.29, 0.717) is 11.4 Å². The Morgan fingerprint density at radius 1 is 1.43 bits per heavy atom. The van der Waals surface area contributed by atoms with Crippen molar-refractivity contribution >= 4 is 5.91 Å². The van der Waals surface area contributed by atoms with Crippen LogP contribution in [0.5, 0.6) is 0 Å². The maximum absolute atomic E-state index is 10.8. The minimum absolute atomic E-state index is 0.263. The molecule has 0 aliphatic carbocycles. The number of nitrogens with two attached hydrogens (primary N) is 1. The van der Waals surface area contributed by atoms with Gasteiger partial charge in [0.05, 0.1) is 5.69 Å². The van der Waals surface area contributed by atoms with Gasteiger partial charge in [-0.1, -0.05) is 0 Å². The predicted octanol–water partition coefficient (Wildman–Crippen LogP) is -0.0344. The Bertz CT molecular complexity index is 450. The molecule has 6 nitrogen and oxygen atoms in total. The zero-order valence-electron chi connectivity index (χ0n) is 7.14. The Labute approximate surface area is 79.2 Å². The molecule has 0 saturated carbocycles. The molecule has 14 heavy (non-hydrogen) atoms. The van der Waals surface area contributed by atoms with Crippen molar-refractivity contribution in [2.24, 2.45) is 5.73 Å². The lowest BCUT2D eigenvalue weighted by Gasteiger charge is -1.90. The number of amides is 1. The summed E-state index contributed by atoms with van der Waals surface area (Å²) < 4.78 is 0. The molecule has 3 N–H and O–H groups in total. The lowest BCUT2D eigenvalue weighted by molar-refractivity contribution is 0.0995. The summed E-state index contributed by atoms with van der Waals surface area (Å²) in [5, 5.41) is 6.41. The first-order valence-corrected chi connectivity index (χ1v) is 3.89. The zero-order chi connectivity index (χ0) is 9.97. The Morgan fingerprint density at radius 2 is 2.29 bits per heavy atom. The normalized spacial score (nSPS) is 10.0. The van der Waals surface area contributed by atoms with Crippen LogP contribution in [0.2, 0.25) is 0 Å². The Hall–Kier alpha value is -2.24. The van der Waals surface area contributed by atoms with Gasteiger partial charge < -0.3 is 5.73 Å². The number of hydrogen-bond acceptors (Lipinski definition) is 4. The molecule has 0 aliphatic heterocycles. The van der Waals surface area contributed by atoms with Gasteiger partial charge in [-0.15, -0.1) is 0 Å². The van der Waals surface area contributed by atoms with Crippen LogP contribution >= 0.6 is 0 Å². The van der Waals surface area contributed by atoms with Crippen LogP contribution in [0.3, 0.4) is 0 Å². The summed E-state index contributed by atoms with van der Waals surface area (Å²) in [5.41, 5.74) is 6.54. The number of primary amides is 1. The number of aromatic nitrogens is 4. The molecular weight excluding hydrogens is 182 g/mol. The molecule has 2 rings (SSSR count). The molecule has 0 unspecified atom stereocenters. The van der Waals surface area contributed by atoms with Gasteiger partial charge in [0, 0.05) is 6.20 Å². The molecule has 2 aromatic heterocycles. The van der Waals surface area contributed by atoms with E-state index in [-0.39, 0.29) is 5.69 Å². The van der Waals surface area contributed by atoms with E-state index in [1.807, 2.05) is 0 Å². The lowest BCUT2D eigenvalue weighted by Crippen LogP contribution is -2.10. The molecule has 70 valence electrons. The fraction of sp³-hybridized carbons (Fsp3) is 0. The second kappa shape index (κ2) is 3.25. The van der Waals surface area contributed by atoms with Crippen LogP contribution in [0.1, 0.15) is 10.5 Å². The molecule has 0 saturated heterocycles. The number of aromatic amines is 1. The van der Waals surface area contributed by atoms with Gasteiger partial charge in [0.2, 0.25) is 0 Å². The number of carbonyl (C=O) groups is 1. The smallest absolute Gasteiger partial charge is 0.266 e. The van der Waals surface area contributed by atoms with Crippen LogP contribution in [0.4, 0.5) is 0 Å². The van der Waals surface area contributed by atoms with Crippen LogP contribution in [-0.2, 0) is 0 Å². The van der Waals surface area contributed by atoms with Gasteiger partial charge >= 0.3 is 0 Å². The lowest BCUT2D eigenvalue weighted by atomic mass is 10.3. The molecule has 0 radical (unpaired) electrons. The summed E-state index contributed by atoms with van der Waals surface area (Å²) in [5.74, 6) is -0.544. The van der Waals surface area contributed by atoms with Crippen LogP contribution < -0.4 is 5.73 Å². The van der Waals surface area contributed by atoms with Crippen LogP contribution in [0.25, 0.3) is 11.4 Å². The van der Waals surface area contributed by atoms with E-state index in [0.717, 1.165) is 0 Å². The second-order valence-corrected chi connectivity index (χ2v) is 2.63. The zero-order valence-corrected chi connectivity index (χ0v) is 7.14. The molecule has 0 fully saturated rings. The first kappa shape index (κ1) is 8.36. The highest BCUT2D eigenvalue weighted by Crippen LogP contribution is 2.12.